The summed E-state index contributed by atoms with van der Waals surface area (Å²) < 4.78 is 0. The van der Waals surface area contributed by atoms with Gasteiger partial charge in [-0.15, -0.1) is 0 Å². The summed E-state index contributed by atoms with van der Waals surface area (Å²) in [7, 11) is 0. The number of halogens is 1. The van der Waals surface area contributed by atoms with Gasteiger partial charge in [0.2, 0.25) is 0 Å². The van der Waals surface area contributed by atoms with Crippen LogP contribution in [0.5, 0.6) is 0 Å². The number of carbonyl (C=O) groups is 1. The second-order valence-corrected chi connectivity index (χ2v) is 5.97. The Bertz CT molecular complexity index is 331. The van der Waals surface area contributed by atoms with E-state index in [1.54, 1.807) is 0 Å². The van der Waals surface area contributed by atoms with Gasteiger partial charge in [-0.2, -0.15) is 0 Å². The van der Waals surface area contributed by atoms with Crippen molar-refractivity contribution in [2.75, 3.05) is 0 Å². The smallest absolute Gasteiger partial charge is 0.200 e. The molecule has 0 saturated heterocycles. The van der Waals surface area contributed by atoms with Crippen LogP contribution >= 0.6 is 11.6 Å². The number of Topliss-reactive ketones (excluding diaryl/α,β-unsaturated/α-hetero) is 1. The Hall–Kier alpha value is -0.560. The number of hydrogen-bond donors (Lipinski definition) is 0. The molecule has 1 atom stereocenters. The van der Waals surface area contributed by atoms with Gasteiger partial charge >= 0.3 is 0 Å². The van der Waals surface area contributed by atoms with E-state index in [1.165, 1.54) is 0 Å². The Morgan fingerprint density at radius 1 is 1.44 bits per heavy atom. The molecule has 0 aliphatic heterocycles. The van der Waals surface area contributed by atoms with Crippen LogP contribution in [0, 0.1) is 11.3 Å². The lowest BCUT2D eigenvalue weighted by Crippen LogP contribution is -2.10. The minimum absolute atomic E-state index is 0.0256. The van der Waals surface area contributed by atoms with Crippen LogP contribution in [0.4, 0.5) is 0 Å². The predicted molar refractivity (Wildman–Crippen MR) is 69.5 cm³/mol. The molecule has 0 aromatic rings. The zero-order valence-electron chi connectivity index (χ0n) is 10.6. The van der Waals surface area contributed by atoms with Crippen molar-refractivity contribution >= 4 is 17.4 Å². The molecule has 1 aliphatic carbocycles. The molecule has 0 heterocycles. The van der Waals surface area contributed by atoms with E-state index >= 15 is 0 Å². The molecule has 16 heavy (non-hydrogen) atoms. The molecule has 1 rings (SSSR count). The van der Waals surface area contributed by atoms with Crippen LogP contribution in [0.1, 0.15) is 47.0 Å². The first-order valence-electron chi connectivity index (χ1n) is 6.00. The molecule has 0 aromatic carbocycles. The number of ketones is 1. The highest BCUT2D eigenvalue weighted by molar-refractivity contribution is 6.46. The summed E-state index contributed by atoms with van der Waals surface area (Å²) in [4.78, 5) is 11.9. The molecular formula is C14H21ClO. The van der Waals surface area contributed by atoms with Crippen molar-refractivity contribution in [3.05, 3.63) is 22.8 Å². The average molecular weight is 241 g/mol. The van der Waals surface area contributed by atoms with E-state index in [0.717, 1.165) is 24.8 Å². The molecule has 2 heteroatoms. The third-order valence-corrected chi connectivity index (χ3v) is 2.98. The molecule has 0 radical (unpaired) electrons. The van der Waals surface area contributed by atoms with Gasteiger partial charge in [0.05, 0.1) is 5.03 Å². The Kier molecular flexibility index (Phi) is 4.37. The van der Waals surface area contributed by atoms with Gasteiger partial charge in [0, 0.05) is 11.5 Å². The third kappa shape index (κ3) is 3.48. The first-order chi connectivity index (χ1) is 7.35. The molecule has 0 fully saturated rings. The maximum absolute atomic E-state index is 11.9. The Morgan fingerprint density at radius 3 is 2.56 bits per heavy atom. The third-order valence-electron chi connectivity index (χ3n) is 2.68. The Labute approximate surface area is 104 Å². The molecule has 1 nitrogen and oxygen atoms in total. The summed E-state index contributed by atoms with van der Waals surface area (Å²) in [6.45, 7) is 8.48. The Balaban J connectivity index is 2.89. The number of hydrogen-bond acceptors (Lipinski definition) is 1. The lowest BCUT2D eigenvalue weighted by atomic mass is 9.87. The normalized spacial score (nSPS) is 24.1. The fraction of sp³-hybridized carbons (Fsp3) is 0.643. The van der Waals surface area contributed by atoms with Crippen LogP contribution in [0.2, 0.25) is 0 Å². The van der Waals surface area contributed by atoms with E-state index in [1.807, 2.05) is 6.08 Å². The van der Waals surface area contributed by atoms with Gasteiger partial charge in [-0.3, -0.25) is 4.79 Å². The van der Waals surface area contributed by atoms with Crippen molar-refractivity contribution in [2.45, 2.75) is 47.0 Å². The number of unbranched alkanes of at least 4 members (excludes halogenated alkanes) is 1. The summed E-state index contributed by atoms with van der Waals surface area (Å²) in [5, 5.41) is 0.400. The van der Waals surface area contributed by atoms with Gasteiger partial charge < -0.3 is 0 Å². The zero-order chi connectivity index (χ0) is 12.3. The second kappa shape index (κ2) is 5.18. The summed E-state index contributed by atoms with van der Waals surface area (Å²) in [5.41, 5.74) is 0.927. The lowest BCUT2D eigenvalue weighted by molar-refractivity contribution is -0.111. The molecule has 0 aromatic heterocycles. The number of rotatable bonds is 3. The summed E-state index contributed by atoms with van der Waals surface area (Å²) in [6, 6.07) is 0. The highest BCUT2D eigenvalue weighted by Gasteiger charge is 2.29. The van der Waals surface area contributed by atoms with Crippen molar-refractivity contribution in [1.29, 1.82) is 0 Å². The molecule has 0 N–H and O–H groups in total. The lowest BCUT2D eigenvalue weighted by Gasteiger charge is -2.17. The molecule has 0 spiro atoms. The quantitative estimate of drug-likeness (QED) is 0.666. The van der Waals surface area contributed by atoms with Crippen LogP contribution in [0.3, 0.4) is 0 Å². The molecule has 90 valence electrons. The maximum atomic E-state index is 11.9. The standard InChI is InChI=1S/C14H21ClO/c1-5-6-7-10-8-12(15)13(16)11(10)9-14(2,3)4/h8-10H,5-7H2,1-4H3. The van der Waals surface area contributed by atoms with E-state index in [2.05, 4.69) is 33.8 Å². The summed E-state index contributed by atoms with van der Waals surface area (Å²) in [6.07, 6.45) is 7.30. The van der Waals surface area contributed by atoms with Crippen LogP contribution in [0.25, 0.3) is 0 Å². The van der Waals surface area contributed by atoms with Gasteiger partial charge in [0.25, 0.3) is 0 Å². The minimum atomic E-state index is 0.0256. The molecule has 0 saturated carbocycles. The SMILES string of the molecule is CCCCC1C=C(Cl)C(=O)C1=CC(C)(C)C. The maximum Gasteiger partial charge on any atom is 0.200 e. The highest BCUT2D eigenvalue weighted by Crippen LogP contribution is 2.35. The Morgan fingerprint density at radius 2 is 2.06 bits per heavy atom. The van der Waals surface area contributed by atoms with Crippen LogP contribution in [-0.2, 0) is 4.79 Å². The monoisotopic (exact) mass is 240 g/mol. The van der Waals surface area contributed by atoms with Crippen molar-refractivity contribution in [2.24, 2.45) is 11.3 Å². The summed E-state index contributed by atoms with van der Waals surface area (Å²) in [5.74, 6) is 0.261. The second-order valence-electron chi connectivity index (χ2n) is 5.56. The van der Waals surface area contributed by atoms with Crippen LogP contribution in [-0.4, -0.2) is 5.78 Å². The molecule has 0 bridgehead atoms. The van der Waals surface area contributed by atoms with Crippen molar-refractivity contribution in [1.82, 2.24) is 0 Å². The van der Waals surface area contributed by atoms with E-state index in [0.29, 0.717) is 5.03 Å². The van der Waals surface area contributed by atoms with E-state index < -0.39 is 0 Å². The van der Waals surface area contributed by atoms with Gasteiger partial charge in [0.1, 0.15) is 0 Å². The largest absolute Gasteiger partial charge is 0.288 e. The predicted octanol–water partition coefficient (Wildman–Crippen LogP) is 4.47. The van der Waals surface area contributed by atoms with Crippen molar-refractivity contribution < 1.29 is 4.79 Å². The molecule has 0 amide bonds. The highest BCUT2D eigenvalue weighted by atomic mass is 35.5. The number of carbonyl (C=O) groups excluding carboxylic acids is 1. The molecule has 1 aliphatic rings. The van der Waals surface area contributed by atoms with E-state index in [9.17, 15) is 4.79 Å². The van der Waals surface area contributed by atoms with Gasteiger partial charge in [-0.1, -0.05) is 64.3 Å². The molecule has 1 unspecified atom stereocenters. The summed E-state index contributed by atoms with van der Waals surface area (Å²) >= 11 is 5.93. The van der Waals surface area contributed by atoms with Gasteiger partial charge in [-0.25, -0.2) is 0 Å². The first-order valence-corrected chi connectivity index (χ1v) is 6.37. The number of allylic oxidation sites excluding steroid dienone is 4. The van der Waals surface area contributed by atoms with Crippen LogP contribution < -0.4 is 0 Å². The fourth-order valence-electron chi connectivity index (χ4n) is 1.95. The van der Waals surface area contributed by atoms with E-state index in [4.69, 9.17) is 11.6 Å². The van der Waals surface area contributed by atoms with Crippen LogP contribution in [0.15, 0.2) is 22.8 Å². The minimum Gasteiger partial charge on any atom is -0.288 e. The van der Waals surface area contributed by atoms with Crippen molar-refractivity contribution in [3.63, 3.8) is 0 Å². The van der Waals surface area contributed by atoms with E-state index in [-0.39, 0.29) is 17.1 Å². The topological polar surface area (TPSA) is 17.1 Å². The average Bonchev–Trinajstić information content (AvgIpc) is 2.41. The molecular weight excluding hydrogens is 220 g/mol. The van der Waals surface area contributed by atoms with Gasteiger partial charge in [-0.05, 0) is 11.8 Å². The fourth-order valence-corrected chi connectivity index (χ4v) is 2.21. The zero-order valence-corrected chi connectivity index (χ0v) is 11.4. The van der Waals surface area contributed by atoms with Gasteiger partial charge in [0.15, 0.2) is 5.78 Å². The first kappa shape index (κ1) is 13.5. The van der Waals surface area contributed by atoms with Crippen molar-refractivity contribution in [3.8, 4) is 0 Å².